The average molecular weight is 301 g/mol. The average Bonchev–Trinajstić information content (AvgIpc) is 2.07. The zero-order valence-electron chi connectivity index (χ0n) is 9.34. The molecule has 0 N–H and O–H groups in total. The Kier molecular flexibility index (Phi) is 4.66. The second-order valence-corrected chi connectivity index (χ2v) is 8.53. The fraction of sp³-hybridized carbons (Fsp3) is 0.385. The second-order valence-electron chi connectivity index (χ2n) is 3.71. The molecule has 1 aromatic rings. The summed E-state index contributed by atoms with van der Waals surface area (Å²) in [4.78, 5) is 0. The van der Waals surface area contributed by atoms with Crippen LogP contribution in [0.3, 0.4) is 0 Å². The third-order valence-corrected chi connectivity index (χ3v) is 4.47. The summed E-state index contributed by atoms with van der Waals surface area (Å²) < 4.78 is 2.43. The molecule has 0 saturated heterocycles. The SMILES string of the molecule is C/C(=C\c1ccccc1C)[I-]C(C)C. The predicted molar refractivity (Wildman–Crippen MR) is 60.0 cm³/mol. The van der Waals surface area contributed by atoms with E-state index in [4.69, 9.17) is 0 Å². The molecular weight excluding hydrogens is 283 g/mol. The zero-order valence-corrected chi connectivity index (χ0v) is 11.5. The molecule has 0 amide bonds. The number of alkyl halides is 1. The van der Waals surface area contributed by atoms with Crippen LogP contribution in [0.4, 0.5) is 0 Å². The maximum absolute atomic E-state index is 2.35. The molecule has 14 heavy (non-hydrogen) atoms. The summed E-state index contributed by atoms with van der Waals surface area (Å²) in [5.41, 5.74) is 2.75. The number of benzene rings is 1. The minimum absolute atomic E-state index is 0.225. The fourth-order valence-electron chi connectivity index (χ4n) is 1.34. The van der Waals surface area contributed by atoms with Gasteiger partial charge in [-0.25, -0.2) is 0 Å². The van der Waals surface area contributed by atoms with Crippen molar-refractivity contribution >= 4 is 6.08 Å². The molecular formula is C13H18I-. The summed E-state index contributed by atoms with van der Waals surface area (Å²) in [6.07, 6.45) is 2.35. The van der Waals surface area contributed by atoms with Crippen molar-refractivity contribution in [1.29, 1.82) is 0 Å². The van der Waals surface area contributed by atoms with Crippen LogP contribution < -0.4 is 21.2 Å². The number of rotatable bonds is 3. The predicted octanol–water partition coefficient (Wildman–Crippen LogP) is 0.853. The molecule has 0 radical (unpaired) electrons. The fourth-order valence-corrected chi connectivity index (χ4v) is 3.82. The molecule has 1 aromatic carbocycles. The molecule has 0 atom stereocenters. The van der Waals surface area contributed by atoms with E-state index in [0.29, 0.717) is 0 Å². The summed E-state index contributed by atoms with van der Waals surface area (Å²) in [6.45, 7) is 9.05. The van der Waals surface area contributed by atoms with Crippen molar-refractivity contribution in [3.05, 3.63) is 39.0 Å². The molecule has 0 aliphatic rings. The molecule has 0 spiro atoms. The van der Waals surface area contributed by atoms with Gasteiger partial charge in [-0.1, -0.05) is 0 Å². The minimum atomic E-state index is 0.225. The van der Waals surface area contributed by atoms with Crippen molar-refractivity contribution < 1.29 is 21.2 Å². The van der Waals surface area contributed by atoms with Gasteiger partial charge in [0.15, 0.2) is 0 Å². The van der Waals surface area contributed by atoms with E-state index >= 15 is 0 Å². The van der Waals surface area contributed by atoms with Gasteiger partial charge in [0.1, 0.15) is 0 Å². The van der Waals surface area contributed by atoms with E-state index in [2.05, 4.69) is 58.0 Å². The van der Waals surface area contributed by atoms with Gasteiger partial charge in [-0.3, -0.25) is 0 Å². The molecule has 0 heterocycles. The normalized spacial score (nSPS) is 12.5. The summed E-state index contributed by atoms with van der Waals surface area (Å²) in [6, 6.07) is 8.58. The van der Waals surface area contributed by atoms with E-state index in [-0.39, 0.29) is 21.2 Å². The van der Waals surface area contributed by atoms with E-state index < -0.39 is 0 Å². The van der Waals surface area contributed by atoms with Gasteiger partial charge in [-0.2, -0.15) is 0 Å². The summed E-state index contributed by atoms with van der Waals surface area (Å²) in [5.74, 6) is 0. The topological polar surface area (TPSA) is 0 Å². The third-order valence-electron chi connectivity index (χ3n) is 1.93. The van der Waals surface area contributed by atoms with Crippen LogP contribution in [-0.2, 0) is 0 Å². The van der Waals surface area contributed by atoms with Crippen LogP contribution in [0.5, 0.6) is 0 Å². The Bertz CT molecular complexity index is 324. The van der Waals surface area contributed by atoms with Crippen LogP contribution in [0.1, 0.15) is 31.9 Å². The Morgan fingerprint density at radius 1 is 1.29 bits per heavy atom. The Hall–Kier alpha value is -0.310. The quantitative estimate of drug-likeness (QED) is 0.574. The van der Waals surface area contributed by atoms with Crippen molar-refractivity contribution in [2.75, 3.05) is 0 Å². The molecule has 0 unspecified atom stereocenters. The molecule has 0 bridgehead atoms. The molecule has 0 aromatic heterocycles. The van der Waals surface area contributed by atoms with Gasteiger partial charge in [0.25, 0.3) is 0 Å². The molecule has 0 aliphatic carbocycles. The standard InChI is InChI=1S/C13H18I/c1-10(2)14-12(4)9-13-8-6-5-7-11(13)3/h5-10H,1-4H3/q-1/b12-9+. The first-order chi connectivity index (χ1) is 6.59. The molecule has 1 heteroatoms. The Labute approximate surface area is 97.7 Å². The van der Waals surface area contributed by atoms with E-state index in [0.717, 1.165) is 3.92 Å². The first kappa shape index (κ1) is 11.8. The molecule has 78 valence electrons. The van der Waals surface area contributed by atoms with Crippen molar-refractivity contribution in [1.82, 2.24) is 0 Å². The van der Waals surface area contributed by atoms with Crippen LogP contribution in [0.25, 0.3) is 6.08 Å². The number of hydrogen-bond acceptors (Lipinski definition) is 0. The molecule has 0 nitrogen and oxygen atoms in total. The van der Waals surface area contributed by atoms with Gasteiger partial charge in [-0.15, -0.1) is 0 Å². The second kappa shape index (κ2) is 5.54. The van der Waals surface area contributed by atoms with Crippen molar-refractivity contribution in [3.8, 4) is 0 Å². The van der Waals surface area contributed by atoms with Gasteiger partial charge < -0.3 is 0 Å². The molecule has 0 saturated carbocycles. The van der Waals surface area contributed by atoms with E-state index in [9.17, 15) is 0 Å². The Morgan fingerprint density at radius 2 is 1.93 bits per heavy atom. The number of hydrogen-bond donors (Lipinski definition) is 0. The van der Waals surface area contributed by atoms with Crippen LogP contribution in [0.15, 0.2) is 27.8 Å². The molecule has 1 rings (SSSR count). The van der Waals surface area contributed by atoms with Gasteiger partial charge >= 0.3 is 97.9 Å². The Balaban J connectivity index is 2.81. The van der Waals surface area contributed by atoms with Gasteiger partial charge in [0.2, 0.25) is 0 Å². The van der Waals surface area contributed by atoms with E-state index in [1.54, 1.807) is 3.58 Å². The van der Waals surface area contributed by atoms with E-state index in [1.807, 2.05) is 0 Å². The maximum atomic E-state index is 2.35. The number of halogens is 1. The van der Waals surface area contributed by atoms with Crippen LogP contribution in [0, 0.1) is 6.92 Å². The van der Waals surface area contributed by atoms with Crippen molar-refractivity contribution in [2.24, 2.45) is 0 Å². The van der Waals surface area contributed by atoms with Gasteiger partial charge in [0.05, 0.1) is 0 Å². The van der Waals surface area contributed by atoms with Crippen molar-refractivity contribution in [2.45, 2.75) is 31.6 Å². The molecule has 0 fully saturated rings. The summed E-state index contributed by atoms with van der Waals surface area (Å²) in [7, 11) is 0. The summed E-state index contributed by atoms with van der Waals surface area (Å²) in [5, 5.41) is 0. The van der Waals surface area contributed by atoms with Crippen LogP contribution >= 0.6 is 0 Å². The summed E-state index contributed by atoms with van der Waals surface area (Å²) >= 11 is 0.225. The Morgan fingerprint density at radius 3 is 2.50 bits per heavy atom. The third kappa shape index (κ3) is 3.82. The van der Waals surface area contributed by atoms with Crippen LogP contribution in [-0.4, -0.2) is 3.92 Å². The van der Waals surface area contributed by atoms with Gasteiger partial charge in [-0.05, 0) is 0 Å². The van der Waals surface area contributed by atoms with Crippen LogP contribution in [0.2, 0.25) is 0 Å². The van der Waals surface area contributed by atoms with Crippen molar-refractivity contribution in [3.63, 3.8) is 0 Å². The number of aryl methyl sites for hydroxylation is 1. The van der Waals surface area contributed by atoms with Gasteiger partial charge in [0, 0.05) is 0 Å². The van der Waals surface area contributed by atoms with E-state index in [1.165, 1.54) is 11.1 Å². The number of allylic oxidation sites excluding steroid dienone is 1. The monoisotopic (exact) mass is 301 g/mol. The zero-order chi connectivity index (χ0) is 10.6. The first-order valence-corrected chi connectivity index (χ1v) is 7.29. The first-order valence-electron chi connectivity index (χ1n) is 4.97. The molecule has 0 aliphatic heterocycles.